The minimum atomic E-state index is 0.742. The zero-order valence-electron chi connectivity index (χ0n) is 9.65. The predicted octanol–water partition coefficient (Wildman–Crippen LogP) is 1.41. The monoisotopic (exact) mass is 217 g/mol. The molecule has 0 bridgehead atoms. The van der Waals surface area contributed by atoms with Gasteiger partial charge in [-0.1, -0.05) is 0 Å². The lowest BCUT2D eigenvalue weighted by molar-refractivity contribution is 0.924. The van der Waals surface area contributed by atoms with Gasteiger partial charge in [-0.15, -0.1) is 10.2 Å². The first-order valence-electron chi connectivity index (χ1n) is 5.07. The average Bonchev–Trinajstić information content (AvgIpc) is 2.60. The van der Waals surface area contributed by atoms with Crippen molar-refractivity contribution in [1.82, 2.24) is 14.8 Å². The number of aryl methyl sites for hydroxylation is 1. The summed E-state index contributed by atoms with van der Waals surface area (Å²) in [6.45, 7) is 2.01. The Balaban J connectivity index is 2.54. The number of nitrogens with two attached hydrogens (primary N) is 1. The fraction of sp³-hybridized carbons (Fsp3) is 0.273. The molecular weight excluding hydrogens is 202 g/mol. The summed E-state index contributed by atoms with van der Waals surface area (Å²) in [5.74, 6) is 1.58. The van der Waals surface area contributed by atoms with E-state index in [1.807, 2.05) is 43.8 Å². The maximum atomic E-state index is 5.72. The third-order valence-electron chi connectivity index (χ3n) is 2.59. The lowest BCUT2D eigenvalue weighted by atomic mass is 10.1. The van der Waals surface area contributed by atoms with Crippen molar-refractivity contribution in [2.24, 2.45) is 7.05 Å². The Kier molecular flexibility index (Phi) is 2.52. The van der Waals surface area contributed by atoms with Crippen LogP contribution >= 0.6 is 0 Å². The van der Waals surface area contributed by atoms with Crippen molar-refractivity contribution >= 4 is 11.6 Å². The summed E-state index contributed by atoms with van der Waals surface area (Å²) in [4.78, 5) is 0. The van der Waals surface area contributed by atoms with E-state index in [1.165, 1.54) is 0 Å². The number of nitrogens with zero attached hydrogens (tertiary/aromatic N) is 3. The normalized spacial score (nSPS) is 10.4. The van der Waals surface area contributed by atoms with E-state index in [2.05, 4.69) is 15.5 Å². The van der Waals surface area contributed by atoms with Crippen LogP contribution in [0.25, 0.3) is 11.4 Å². The number of anilines is 2. The van der Waals surface area contributed by atoms with Crippen LogP contribution in [0.3, 0.4) is 0 Å². The second kappa shape index (κ2) is 3.84. The van der Waals surface area contributed by atoms with Crippen LogP contribution < -0.4 is 11.1 Å². The molecule has 0 fully saturated rings. The second-order valence-electron chi connectivity index (χ2n) is 3.73. The quantitative estimate of drug-likeness (QED) is 0.746. The Morgan fingerprint density at radius 3 is 2.62 bits per heavy atom. The molecule has 84 valence electrons. The lowest BCUT2D eigenvalue weighted by Crippen LogP contribution is -2.00. The highest BCUT2D eigenvalue weighted by Gasteiger charge is 2.11. The molecule has 1 heterocycles. The maximum Gasteiger partial charge on any atom is 0.224 e. The molecular formula is C11H15N5. The molecule has 3 N–H and O–H groups in total. The highest BCUT2D eigenvalue weighted by molar-refractivity contribution is 5.65. The molecule has 0 unspecified atom stereocenters. The van der Waals surface area contributed by atoms with Gasteiger partial charge in [0.25, 0.3) is 0 Å². The molecule has 1 aromatic carbocycles. The van der Waals surface area contributed by atoms with E-state index in [0.717, 1.165) is 28.6 Å². The van der Waals surface area contributed by atoms with Gasteiger partial charge in [0.1, 0.15) is 0 Å². The minimum Gasteiger partial charge on any atom is -0.399 e. The number of nitrogens with one attached hydrogen (secondary N) is 1. The van der Waals surface area contributed by atoms with E-state index in [9.17, 15) is 0 Å². The highest BCUT2D eigenvalue weighted by atomic mass is 15.3. The third-order valence-corrected chi connectivity index (χ3v) is 2.59. The molecule has 0 radical (unpaired) electrons. The topological polar surface area (TPSA) is 68.8 Å². The van der Waals surface area contributed by atoms with Crippen LogP contribution in [0.2, 0.25) is 0 Å². The fourth-order valence-corrected chi connectivity index (χ4v) is 1.72. The predicted molar refractivity (Wildman–Crippen MR) is 65.1 cm³/mol. The van der Waals surface area contributed by atoms with Crippen molar-refractivity contribution < 1.29 is 0 Å². The highest BCUT2D eigenvalue weighted by Crippen LogP contribution is 2.24. The minimum absolute atomic E-state index is 0.742. The van der Waals surface area contributed by atoms with Crippen molar-refractivity contribution in [1.29, 1.82) is 0 Å². The number of benzene rings is 1. The van der Waals surface area contributed by atoms with E-state index in [0.29, 0.717) is 0 Å². The number of hydrogen-bond acceptors (Lipinski definition) is 4. The summed E-state index contributed by atoms with van der Waals surface area (Å²) in [5.41, 5.74) is 8.62. The van der Waals surface area contributed by atoms with Crippen LogP contribution in [0.5, 0.6) is 0 Å². The molecule has 2 aromatic rings. The molecule has 0 saturated heterocycles. The summed E-state index contributed by atoms with van der Waals surface area (Å²) in [7, 11) is 3.75. The van der Waals surface area contributed by atoms with Gasteiger partial charge in [0, 0.05) is 25.3 Å². The van der Waals surface area contributed by atoms with Gasteiger partial charge < -0.3 is 11.1 Å². The van der Waals surface area contributed by atoms with Crippen molar-refractivity contribution in [3.8, 4) is 11.4 Å². The first-order chi connectivity index (χ1) is 7.63. The van der Waals surface area contributed by atoms with Crippen molar-refractivity contribution in [3.05, 3.63) is 23.8 Å². The van der Waals surface area contributed by atoms with Crippen LogP contribution in [-0.2, 0) is 7.05 Å². The van der Waals surface area contributed by atoms with Gasteiger partial charge in [0.15, 0.2) is 5.82 Å². The van der Waals surface area contributed by atoms with Crippen molar-refractivity contribution in [2.75, 3.05) is 18.1 Å². The number of aromatic nitrogens is 3. The average molecular weight is 217 g/mol. The van der Waals surface area contributed by atoms with Crippen LogP contribution in [0.4, 0.5) is 11.6 Å². The largest absolute Gasteiger partial charge is 0.399 e. The zero-order chi connectivity index (χ0) is 11.7. The van der Waals surface area contributed by atoms with Gasteiger partial charge in [0.05, 0.1) is 0 Å². The molecule has 0 aliphatic carbocycles. The Hall–Kier alpha value is -2.04. The van der Waals surface area contributed by atoms with Gasteiger partial charge in [-0.05, 0) is 30.7 Å². The summed E-state index contributed by atoms with van der Waals surface area (Å²) in [6, 6.07) is 5.77. The Morgan fingerprint density at radius 2 is 2.06 bits per heavy atom. The molecule has 0 aliphatic rings. The van der Waals surface area contributed by atoms with Crippen LogP contribution in [-0.4, -0.2) is 21.8 Å². The molecule has 0 saturated carbocycles. The SMILES string of the molecule is CNc1nnc(-c2ccc(N)cc2C)n1C. The first kappa shape index (κ1) is 10.5. The third kappa shape index (κ3) is 1.60. The van der Waals surface area contributed by atoms with Gasteiger partial charge in [-0.2, -0.15) is 0 Å². The Bertz CT molecular complexity index is 515. The van der Waals surface area contributed by atoms with E-state index >= 15 is 0 Å². The lowest BCUT2D eigenvalue weighted by Gasteiger charge is -2.06. The van der Waals surface area contributed by atoms with E-state index in [1.54, 1.807) is 0 Å². The smallest absolute Gasteiger partial charge is 0.224 e. The zero-order valence-corrected chi connectivity index (χ0v) is 9.65. The first-order valence-corrected chi connectivity index (χ1v) is 5.07. The number of rotatable bonds is 2. The standard InChI is InChI=1S/C11H15N5/c1-7-6-8(12)4-5-9(7)10-14-15-11(13-2)16(10)3/h4-6H,12H2,1-3H3,(H,13,15). The van der Waals surface area contributed by atoms with E-state index < -0.39 is 0 Å². The number of hydrogen-bond donors (Lipinski definition) is 2. The Morgan fingerprint density at radius 1 is 1.31 bits per heavy atom. The summed E-state index contributed by atoms with van der Waals surface area (Å²) in [5, 5.41) is 11.2. The van der Waals surface area contributed by atoms with Gasteiger partial charge in [0.2, 0.25) is 5.95 Å². The molecule has 16 heavy (non-hydrogen) atoms. The molecule has 0 amide bonds. The Labute approximate surface area is 94.3 Å². The summed E-state index contributed by atoms with van der Waals surface area (Å²) in [6.07, 6.45) is 0. The maximum absolute atomic E-state index is 5.72. The van der Waals surface area contributed by atoms with Gasteiger partial charge >= 0.3 is 0 Å². The van der Waals surface area contributed by atoms with Crippen molar-refractivity contribution in [3.63, 3.8) is 0 Å². The van der Waals surface area contributed by atoms with Gasteiger partial charge in [-0.3, -0.25) is 4.57 Å². The van der Waals surface area contributed by atoms with Crippen molar-refractivity contribution in [2.45, 2.75) is 6.92 Å². The molecule has 1 aromatic heterocycles. The molecule has 0 atom stereocenters. The fourth-order valence-electron chi connectivity index (χ4n) is 1.72. The van der Waals surface area contributed by atoms with Crippen LogP contribution in [0.15, 0.2) is 18.2 Å². The van der Waals surface area contributed by atoms with E-state index in [4.69, 9.17) is 5.73 Å². The molecule has 5 heteroatoms. The molecule has 2 rings (SSSR count). The molecule has 0 spiro atoms. The van der Waals surface area contributed by atoms with Crippen LogP contribution in [0.1, 0.15) is 5.56 Å². The van der Waals surface area contributed by atoms with E-state index in [-0.39, 0.29) is 0 Å². The van der Waals surface area contributed by atoms with Gasteiger partial charge in [-0.25, -0.2) is 0 Å². The number of nitrogen functional groups attached to an aromatic ring is 1. The summed E-state index contributed by atoms with van der Waals surface area (Å²) < 4.78 is 1.92. The van der Waals surface area contributed by atoms with Crippen LogP contribution in [0, 0.1) is 6.92 Å². The second-order valence-corrected chi connectivity index (χ2v) is 3.73. The summed E-state index contributed by atoms with van der Waals surface area (Å²) >= 11 is 0. The molecule has 0 aliphatic heterocycles. The molecule has 5 nitrogen and oxygen atoms in total.